The van der Waals surface area contributed by atoms with Crippen molar-refractivity contribution in [1.82, 2.24) is 9.62 Å². The van der Waals surface area contributed by atoms with Crippen molar-refractivity contribution < 1.29 is 26.7 Å². The summed E-state index contributed by atoms with van der Waals surface area (Å²) in [5.41, 5.74) is 3.13. The first-order valence-electron chi connectivity index (χ1n) is 12.7. The second-order valence-electron chi connectivity index (χ2n) is 11.2. The van der Waals surface area contributed by atoms with Crippen molar-refractivity contribution in [2.24, 2.45) is 5.92 Å². The van der Waals surface area contributed by atoms with Crippen LogP contribution in [0.15, 0.2) is 34.1 Å². The van der Waals surface area contributed by atoms with E-state index in [4.69, 9.17) is 5.11 Å². The minimum Gasteiger partial charge on any atom is -0.465 e. The highest BCUT2D eigenvalue weighted by atomic mass is 32.2. The Balaban J connectivity index is 1.92. The van der Waals surface area contributed by atoms with E-state index in [1.807, 2.05) is 12.1 Å². The first kappa shape index (κ1) is 29.9. The Morgan fingerprint density at radius 1 is 0.868 bits per heavy atom. The average molecular weight is 566 g/mol. The first-order valence-corrected chi connectivity index (χ1v) is 15.6. The number of hydrogen-bond acceptors (Lipinski definition) is 5. The van der Waals surface area contributed by atoms with E-state index in [1.54, 1.807) is 32.9 Å². The molecule has 0 aromatic heterocycles. The van der Waals surface area contributed by atoms with Crippen molar-refractivity contribution in [3.63, 3.8) is 0 Å². The van der Waals surface area contributed by atoms with Crippen LogP contribution in [0.4, 0.5) is 10.5 Å². The quantitative estimate of drug-likeness (QED) is 0.446. The molecule has 1 amide bonds. The Morgan fingerprint density at radius 3 is 1.84 bits per heavy atom. The Morgan fingerprint density at radius 2 is 1.37 bits per heavy atom. The molecule has 9 nitrogen and oxygen atoms in total. The number of nitrogens with one attached hydrogen (secondary N) is 2. The van der Waals surface area contributed by atoms with Crippen LogP contribution in [0, 0.1) is 33.6 Å². The van der Waals surface area contributed by atoms with Crippen LogP contribution in [0.2, 0.25) is 0 Å². The monoisotopic (exact) mass is 565 g/mol. The fourth-order valence-electron chi connectivity index (χ4n) is 4.97. The molecular formula is C27H39N3O6S2. The Bertz CT molecular complexity index is 1420. The smallest absolute Gasteiger partial charge is 0.407 e. The predicted molar refractivity (Wildman–Crippen MR) is 149 cm³/mol. The lowest BCUT2D eigenvalue weighted by Crippen LogP contribution is -2.41. The van der Waals surface area contributed by atoms with Crippen LogP contribution >= 0.6 is 0 Å². The van der Waals surface area contributed by atoms with Gasteiger partial charge in [-0.25, -0.2) is 26.4 Å². The molecule has 3 rings (SSSR count). The van der Waals surface area contributed by atoms with Gasteiger partial charge in [-0.05, 0) is 91.8 Å². The lowest BCUT2D eigenvalue weighted by Gasteiger charge is -2.30. The minimum absolute atomic E-state index is 0.00604. The number of nitrogens with zero attached hydrogens (tertiary/aromatic N) is 1. The van der Waals surface area contributed by atoms with Crippen molar-refractivity contribution in [2.45, 2.75) is 76.5 Å². The number of hydrogen-bond donors (Lipinski definition) is 3. The van der Waals surface area contributed by atoms with E-state index in [1.165, 1.54) is 11.8 Å². The van der Waals surface area contributed by atoms with Gasteiger partial charge in [-0.15, -0.1) is 0 Å². The van der Waals surface area contributed by atoms with Crippen LogP contribution in [0.5, 0.6) is 0 Å². The van der Waals surface area contributed by atoms with Gasteiger partial charge in [-0.1, -0.05) is 32.9 Å². The number of anilines is 1. The number of carbonyl (C=O) groups is 1. The van der Waals surface area contributed by atoms with Crippen LogP contribution < -0.4 is 9.44 Å². The van der Waals surface area contributed by atoms with Crippen LogP contribution in [-0.4, -0.2) is 52.6 Å². The van der Waals surface area contributed by atoms with Gasteiger partial charge in [0.1, 0.15) is 0 Å². The van der Waals surface area contributed by atoms with E-state index in [2.05, 4.69) is 30.2 Å². The zero-order valence-corrected chi connectivity index (χ0v) is 24.8. The number of sulfonamides is 2. The van der Waals surface area contributed by atoms with Gasteiger partial charge < -0.3 is 10.0 Å². The molecule has 1 aliphatic rings. The van der Waals surface area contributed by atoms with E-state index >= 15 is 0 Å². The molecule has 0 unspecified atom stereocenters. The SMILES string of the molecule is Cc1c(C)c(S(=O)(=O)NCC2CCN(C(=O)O)CC2)c(C)c(S(=O)(=O)Nc2ccc(C(C)(C)C)cc2)c1C. The Labute approximate surface area is 226 Å². The molecule has 1 heterocycles. The van der Waals surface area contributed by atoms with Gasteiger partial charge in [0.25, 0.3) is 10.0 Å². The maximum atomic E-state index is 13.6. The molecule has 0 atom stereocenters. The van der Waals surface area contributed by atoms with E-state index in [0.717, 1.165) is 5.56 Å². The van der Waals surface area contributed by atoms with Crippen molar-refractivity contribution in [2.75, 3.05) is 24.4 Å². The zero-order chi connectivity index (χ0) is 28.6. The highest BCUT2D eigenvalue weighted by Crippen LogP contribution is 2.34. The lowest BCUT2D eigenvalue weighted by atomic mass is 9.87. The van der Waals surface area contributed by atoms with Gasteiger partial charge in [-0.2, -0.15) is 0 Å². The second-order valence-corrected chi connectivity index (χ2v) is 14.5. The predicted octanol–water partition coefficient (Wildman–Crippen LogP) is 4.69. The van der Waals surface area contributed by atoms with Gasteiger partial charge in [-0.3, -0.25) is 4.72 Å². The molecule has 0 radical (unpaired) electrons. The number of likely N-dealkylation sites (tertiary alicyclic amines) is 1. The maximum absolute atomic E-state index is 13.6. The molecule has 11 heteroatoms. The maximum Gasteiger partial charge on any atom is 0.407 e. The number of rotatable bonds is 7. The number of benzene rings is 2. The van der Waals surface area contributed by atoms with Gasteiger partial charge >= 0.3 is 6.09 Å². The average Bonchev–Trinajstić information content (AvgIpc) is 2.81. The normalized spacial score (nSPS) is 15.5. The molecular weight excluding hydrogens is 526 g/mol. The molecule has 0 bridgehead atoms. The van der Waals surface area contributed by atoms with E-state index in [0.29, 0.717) is 48.3 Å². The van der Waals surface area contributed by atoms with Crippen molar-refractivity contribution >= 4 is 31.8 Å². The molecule has 0 saturated carbocycles. The molecule has 2 aromatic carbocycles. The number of amides is 1. The fourth-order valence-corrected chi connectivity index (χ4v) is 8.30. The largest absolute Gasteiger partial charge is 0.465 e. The highest BCUT2D eigenvalue weighted by molar-refractivity contribution is 7.93. The molecule has 1 fully saturated rings. The van der Waals surface area contributed by atoms with Gasteiger partial charge in [0, 0.05) is 25.3 Å². The van der Waals surface area contributed by atoms with Gasteiger partial charge in [0.05, 0.1) is 9.79 Å². The zero-order valence-electron chi connectivity index (χ0n) is 23.2. The molecule has 2 aromatic rings. The molecule has 38 heavy (non-hydrogen) atoms. The summed E-state index contributed by atoms with van der Waals surface area (Å²) in [6, 6.07) is 7.16. The van der Waals surface area contributed by atoms with E-state index in [9.17, 15) is 21.6 Å². The minimum atomic E-state index is -4.10. The van der Waals surface area contributed by atoms with Crippen molar-refractivity contribution in [3.05, 3.63) is 52.1 Å². The molecule has 3 N–H and O–H groups in total. The fraction of sp³-hybridized carbons (Fsp3) is 0.519. The lowest BCUT2D eigenvalue weighted by molar-refractivity contribution is 0.125. The summed E-state index contributed by atoms with van der Waals surface area (Å²) < 4.78 is 59.4. The van der Waals surface area contributed by atoms with Crippen LogP contribution in [0.3, 0.4) is 0 Å². The summed E-state index contributed by atoms with van der Waals surface area (Å²) in [5.74, 6) is -0.00604. The molecule has 1 saturated heterocycles. The van der Waals surface area contributed by atoms with Crippen molar-refractivity contribution in [3.8, 4) is 0 Å². The van der Waals surface area contributed by atoms with Crippen molar-refractivity contribution in [1.29, 1.82) is 0 Å². The van der Waals surface area contributed by atoms with Crippen LogP contribution in [0.1, 0.15) is 61.4 Å². The van der Waals surface area contributed by atoms with E-state index in [-0.39, 0.29) is 33.2 Å². The first-order chi connectivity index (χ1) is 17.5. The third-order valence-corrected chi connectivity index (χ3v) is 10.8. The topological polar surface area (TPSA) is 133 Å². The van der Waals surface area contributed by atoms with Crippen LogP contribution in [-0.2, 0) is 25.5 Å². The second kappa shape index (κ2) is 10.9. The van der Waals surface area contributed by atoms with Gasteiger partial charge in [0.2, 0.25) is 10.0 Å². The molecule has 210 valence electrons. The summed E-state index contributed by atoms with van der Waals surface area (Å²) in [5, 5.41) is 9.13. The molecule has 0 spiro atoms. The summed E-state index contributed by atoms with van der Waals surface area (Å²) in [6.45, 7) is 13.7. The summed E-state index contributed by atoms with van der Waals surface area (Å²) in [6.07, 6.45) is 0.132. The molecule has 1 aliphatic heterocycles. The third kappa shape index (κ3) is 6.32. The number of carboxylic acid groups (broad SMARTS) is 1. The Kier molecular flexibility index (Phi) is 8.55. The molecule has 0 aliphatic carbocycles. The summed E-state index contributed by atoms with van der Waals surface area (Å²) in [7, 11) is -8.14. The Hall–Kier alpha value is -2.63. The third-order valence-electron chi connectivity index (χ3n) is 7.48. The highest BCUT2D eigenvalue weighted by Gasteiger charge is 2.31. The standard InChI is InChI=1S/C27H39N3O6S2/c1-17-18(2)24(37(33,34)28-16-21-12-14-30(15-13-21)26(31)32)20(4)25(19(17)3)38(35,36)29-23-10-8-22(9-11-23)27(5,6)7/h8-11,21,28-29H,12-16H2,1-7H3,(H,31,32). The van der Waals surface area contributed by atoms with E-state index < -0.39 is 26.1 Å². The van der Waals surface area contributed by atoms with Crippen LogP contribution in [0.25, 0.3) is 0 Å². The van der Waals surface area contributed by atoms with Gasteiger partial charge in [0.15, 0.2) is 0 Å². The summed E-state index contributed by atoms with van der Waals surface area (Å²) >= 11 is 0. The summed E-state index contributed by atoms with van der Waals surface area (Å²) in [4.78, 5) is 12.4. The number of piperidine rings is 1.